The second-order valence-corrected chi connectivity index (χ2v) is 7.55. The summed E-state index contributed by atoms with van der Waals surface area (Å²) >= 11 is 0. The zero-order chi connectivity index (χ0) is 19.4. The number of benzene rings is 1. The van der Waals surface area contributed by atoms with Gasteiger partial charge in [-0.05, 0) is 56.0 Å². The first-order valence-corrected chi connectivity index (χ1v) is 9.75. The summed E-state index contributed by atoms with van der Waals surface area (Å²) in [5.74, 6) is 0.991. The first kappa shape index (κ1) is 19.4. The molecule has 0 saturated heterocycles. The van der Waals surface area contributed by atoms with Gasteiger partial charge in [0.05, 0.1) is 17.9 Å². The molecule has 6 nitrogen and oxygen atoms in total. The van der Waals surface area contributed by atoms with E-state index in [9.17, 15) is 4.79 Å². The van der Waals surface area contributed by atoms with Crippen LogP contribution in [0.1, 0.15) is 55.6 Å². The van der Waals surface area contributed by atoms with Crippen molar-refractivity contribution in [2.24, 2.45) is 0 Å². The zero-order valence-corrected chi connectivity index (χ0v) is 16.7. The second kappa shape index (κ2) is 8.57. The molecule has 27 heavy (non-hydrogen) atoms. The molecule has 1 atom stereocenters. The number of nitrogens with one attached hydrogen (secondary N) is 2. The van der Waals surface area contributed by atoms with Crippen LogP contribution in [-0.2, 0) is 24.4 Å². The molecule has 146 valence electrons. The molecule has 0 saturated carbocycles. The van der Waals surface area contributed by atoms with E-state index in [0.29, 0.717) is 12.5 Å². The fourth-order valence-corrected chi connectivity index (χ4v) is 3.29. The van der Waals surface area contributed by atoms with Crippen LogP contribution in [0.2, 0.25) is 0 Å². The van der Waals surface area contributed by atoms with Crippen molar-refractivity contribution in [2.75, 3.05) is 6.54 Å². The van der Waals surface area contributed by atoms with Gasteiger partial charge < -0.3 is 15.4 Å². The van der Waals surface area contributed by atoms with Gasteiger partial charge in [-0.1, -0.05) is 26.0 Å². The maximum absolute atomic E-state index is 12.5. The van der Waals surface area contributed by atoms with Crippen molar-refractivity contribution in [3.05, 3.63) is 46.8 Å². The van der Waals surface area contributed by atoms with Crippen LogP contribution in [0.15, 0.2) is 24.3 Å². The normalized spacial score (nSPS) is 15.1. The Labute approximate surface area is 161 Å². The van der Waals surface area contributed by atoms with E-state index in [1.54, 1.807) is 6.92 Å². The molecule has 3 rings (SSSR count). The number of ether oxygens (including phenoxy) is 1. The average molecular weight is 370 g/mol. The van der Waals surface area contributed by atoms with E-state index in [1.807, 2.05) is 17.7 Å². The highest BCUT2D eigenvalue weighted by Crippen LogP contribution is 2.28. The van der Waals surface area contributed by atoms with Crippen molar-refractivity contribution in [3.8, 4) is 5.75 Å². The Hall–Kier alpha value is -2.34. The molecule has 0 radical (unpaired) electrons. The predicted octanol–water partition coefficient (Wildman–Crippen LogP) is 2.89. The Bertz CT molecular complexity index is 774. The highest BCUT2D eigenvalue weighted by atomic mass is 16.5. The van der Waals surface area contributed by atoms with Gasteiger partial charge in [0.15, 0.2) is 6.10 Å². The maximum atomic E-state index is 12.5. The Morgan fingerprint density at radius 1 is 1.33 bits per heavy atom. The van der Waals surface area contributed by atoms with E-state index < -0.39 is 6.10 Å². The summed E-state index contributed by atoms with van der Waals surface area (Å²) in [4.78, 5) is 12.5. The summed E-state index contributed by atoms with van der Waals surface area (Å²) in [6, 6.07) is 8.21. The highest BCUT2D eigenvalue weighted by Gasteiger charge is 2.18. The Morgan fingerprint density at radius 2 is 2.15 bits per heavy atom. The fourth-order valence-electron chi connectivity index (χ4n) is 3.29. The molecule has 2 heterocycles. The van der Waals surface area contributed by atoms with Crippen LogP contribution < -0.4 is 15.4 Å². The number of aryl methyl sites for hydroxylation is 2. The Balaban J connectivity index is 1.59. The van der Waals surface area contributed by atoms with E-state index in [-0.39, 0.29) is 5.91 Å². The molecule has 1 aromatic heterocycles. The maximum Gasteiger partial charge on any atom is 0.261 e. The first-order valence-electron chi connectivity index (χ1n) is 9.75. The smallest absolute Gasteiger partial charge is 0.261 e. The van der Waals surface area contributed by atoms with Crippen molar-refractivity contribution in [2.45, 2.75) is 65.8 Å². The summed E-state index contributed by atoms with van der Waals surface area (Å²) in [6.07, 6.45) is 0.506. The third kappa shape index (κ3) is 4.89. The standard InChI is InChI=1S/C21H30N4O2/c1-14(2)19-7-6-15(3)10-20(19)27-16(4)21(26)23-12-17-11-18-13-22-8-5-9-25(18)24-17/h6-7,10-11,14,16,22H,5,8-9,12-13H2,1-4H3,(H,23,26)/t16-/m0/s1. The topological polar surface area (TPSA) is 68.2 Å². The van der Waals surface area contributed by atoms with Crippen LogP contribution in [-0.4, -0.2) is 28.3 Å². The number of amides is 1. The molecular formula is C21H30N4O2. The second-order valence-electron chi connectivity index (χ2n) is 7.55. The number of hydrogen-bond donors (Lipinski definition) is 2. The van der Waals surface area contributed by atoms with Gasteiger partial charge in [0.25, 0.3) is 5.91 Å². The third-order valence-electron chi connectivity index (χ3n) is 4.85. The third-order valence-corrected chi connectivity index (χ3v) is 4.85. The van der Waals surface area contributed by atoms with Gasteiger partial charge in [-0.3, -0.25) is 9.48 Å². The van der Waals surface area contributed by atoms with Gasteiger partial charge in [-0.2, -0.15) is 5.10 Å². The molecule has 2 N–H and O–H groups in total. The highest BCUT2D eigenvalue weighted by molar-refractivity contribution is 5.80. The molecule has 0 fully saturated rings. The first-order chi connectivity index (χ1) is 12.9. The quantitative estimate of drug-likeness (QED) is 0.820. The molecule has 0 unspecified atom stereocenters. The lowest BCUT2D eigenvalue weighted by molar-refractivity contribution is -0.127. The fraction of sp³-hybridized carbons (Fsp3) is 0.524. The summed E-state index contributed by atoms with van der Waals surface area (Å²) in [5, 5.41) is 10.9. The van der Waals surface area contributed by atoms with Gasteiger partial charge in [-0.15, -0.1) is 0 Å². The summed E-state index contributed by atoms with van der Waals surface area (Å²) in [5.41, 5.74) is 4.29. The number of carbonyl (C=O) groups excluding carboxylic acids is 1. The van der Waals surface area contributed by atoms with E-state index >= 15 is 0 Å². The minimum absolute atomic E-state index is 0.132. The molecule has 1 aliphatic heterocycles. The number of hydrogen-bond acceptors (Lipinski definition) is 4. The molecule has 1 amide bonds. The lowest BCUT2D eigenvalue weighted by Gasteiger charge is -2.19. The molecular weight excluding hydrogens is 340 g/mol. The van der Waals surface area contributed by atoms with Gasteiger partial charge in [-0.25, -0.2) is 0 Å². The van der Waals surface area contributed by atoms with Crippen molar-refractivity contribution >= 4 is 5.91 Å². The van der Waals surface area contributed by atoms with Crippen LogP contribution in [0.25, 0.3) is 0 Å². The lowest BCUT2D eigenvalue weighted by Crippen LogP contribution is -2.36. The molecule has 2 aromatic rings. The van der Waals surface area contributed by atoms with Crippen LogP contribution in [0, 0.1) is 6.92 Å². The van der Waals surface area contributed by atoms with Crippen molar-refractivity contribution in [1.82, 2.24) is 20.4 Å². The van der Waals surface area contributed by atoms with Crippen LogP contribution in [0.5, 0.6) is 5.75 Å². The number of rotatable bonds is 6. The van der Waals surface area contributed by atoms with Crippen LogP contribution in [0.4, 0.5) is 0 Å². The summed E-state index contributed by atoms with van der Waals surface area (Å²) in [7, 11) is 0. The van der Waals surface area contributed by atoms with Crippen molar-refractivity contribution in [1.29, 1.82) is 0 Å². The number of carbonyl (C=O) groups is 1. The van der Waals surface area contributed by atoms with E-state index in [1.165, 1.54) is 5.69 Å². The molecule has 1 aliphatic rings. The number of aromatic nitrogens is 2. The number of fused-ring (bicyclic) bond motifs is 1. The molecule has 0 bridgehead atoms. The summed E-state index contributed by atoms with van der Waals surface area (Å²) < 4.78 is 8.02. The Kier molecular flexibility index (Phi) is 6.16. The molecule has 1 aromatic carbocycles. The predicted molar refractivity (Wildman–Crippen MR) is 106 cm³/mol. The minimum atomic E-state index is -0.564. The average Bonchev–Trinajstić information content (AvgIpc) is 2.88. The SMILES string of the molecule is Cc1ccc(C(C)C)c(O[C@@H](C)C(=O)NCc2cc3n(n2)CCCNC3)c1. The van der Waals surface area contributed by atoms with Gasteiger partial charge in [0.2, 0.25) is 0 Å². The van der Waals surface area contributed by atoms with Crippen molar-refractivity contribution < 1.29 is 9.53 Å². The molecule has 0 spiro atoms. The minimum Gasteiger partial charge on any atom is -0.481 e. The van der Waals surface area contributed by atoms with Gasteiger partial charge in [0, 0.05) is 13.1 Å². The van der Waals surface area contributed by atoms with Gasteiger partial charge in [0.1, 0.15) is 5.75 Å². The monoisotopic (exact) mass is 370 g/mol. The van der Waals surface area contributed by atoms with E-state index in [2.05, 4.69) is 47.8 Å². The van der Waals surface area contributed by atoms with E-state index in [0.717, 1.165) is 48.6 Å². The largest absolute Gasteiger partial charge is 0.481 e. The van der Waals surface area contributed by atoms with Crippen LogP contribution >= 0.6 is 0 Å². The molecule has 0 aliphatic carbocycles. The van der Waals surface area contributed by atoms with Gasteiger partial charge >= 0.3 is 0 Å². The lowest BCUT2D eigenvalue weighted by atomic mass is 10.0. The molecule has 6 heteroatoms. The zero-order valence-electron chi connectivity index (χ0n) is 16.7. The van der Waals surface area contributed by atoms with Crippen molar-refractivity contribution in [3.63, 3.8) is 0 Å². The van der Waals surface area contributed by atoms with Crippen LogP contribution in [0.3, 0.4) is 0 Å². The summed E-state index contributed by atoms with van der Waals surface area (Å²) in [6.45, 7) is 11.2. The Morgan fingerprint density at radius 3 is 2.93 bits per heavy atom. The number of nitrogens with zero attached hydrogens (tertiary/aromatic N) is 2. The van der Waals surface area contributed by atoms with E-state index in [4.69, 9.17) is 4.74 Å².